The first-order valence-corrected chi connectivity index (χ1v) is 7.02. The maximum absolute atomic E-state index is 6.19. The fraction of sp³-hybridized carbons (Fsp3) is 0.400. The number of hydrogen-bond donors (Lipinski definition) is 1. The number of nitrogens with one attached hydrogen (secondary N) is 1. The summed E-state index contributed by atoms with van der Waals surface area (Å²) in [5, 5.41) is 8.68. The van der Waals surface area contributed by atoms with E-state index < -0.39 is 0 Å². The lowest BCUT2D eigenvalue weighted by Gasteiger charge is -2.11. The second kappa shape index (κ2) is 6.11. The Morgan fingerprint density at radius 2 is 2.16 bits per heavy atom. The smallest absolute Gasteiger partial charge is 0.0815 e. The van der Waals surface area contributed by atoms with Crippen LogP contribution in [0.15, 0.2) is 30.5 Å². The molecule has 1 N–H and O–H groups in total. The van der Waals surface area contributed by atoms with Gasteiger partial charge in [-0.25, -0.2) is 0 Å². The molecule has 0 aliphatic carbocycles. The monoisotopic (exact) mass is 277 g/mol. The molecule has 1 heterocycles. The Hall–Kier alpha value is -1.48. The molecular formula is C15H20ClN3. The van der Waals surface area contributed by atoms with E-state index in [-0.39, 0.29) is 0 Å². The summed E-state index contributed by atoms with van der Waals surface area (Å²) in [5.41, 5.74) is 3.16. The van der Waals surface area contributed by atoms with Gasteiger partial charge in [0.05, 0.1) is 22.9 Å². The van der Waals surface area contributed by atoms with Crippen molar-refractivity contribution in [1.82, 2.24) is 9.78 Å². The lowest BCUT2D eigenvalue weighted by atomic mass is 10.2. The molecule has 0 aliphatic rings. The molecule has 0 saturated heterocycles. The van der Waals surface area contributed by atoms with Crippen molar-refractivity contribution in [2.75, 3.05) is 5.32 Å². The lowest BCUT2D eigenvalue weighted by molar-refractivity contribution is 0.474. The highest BCUT2D eigenvalue weighted by Crippen LogP contribution is 2.25. The molecule has 19 heavy (non-hydrogen) atoms. The van der Waals surface area contributed by atoms with Crippen molar-refractivity contribution in [2.24, 2.45) is 0 Å². The van der Waals surface area contributed by atoms with Crippen molar-refractivity contribution in [3.8, 4) is 0 Å². The summed E-state index contributed by atoms with van der Waals surface area (Å²) in [5.74, 6) is 0. The van der Waals surface area contributed by atoms with E-state index in [4.69, 9.17) is 11.6 Å². The zero-order chi connectivity index (χ0) is 13.8. The summed E-state index contributed by atoms with van der Waals surface area (Å²) >= 11 is 6.19. The lowest BCUT2D eigenvalue weighted by Crippen LogP contribution is -2.07. The van der Waals surface area contributed by atoms with Crippen molar-refractivity contribution in [1.29, 1.82) is 0 Å². The van der Waals surface area contributed by atoms with E-state index in [1.807, 2.05) is 42.1 Å². The fourth-order valence-electron chi connectivity index (χ4n) is 1.94. The molecule has 0 bridgehead atoms. The molecule has 0 saturated carbocycles. The minimum Gasteiger partial charge on any atom is -0.378 e. The molecule has 1 unspecified atom stereocenters. The number of benzene rings is 1. The largest absolute Gasteiger partial charge is 0.378 e. The Bertz CT molecular complexity index is 528. The second-order valence-corrected chi connectivity index (χ2v) is 5.24. The Morgan fingerprint density at radius 1 is 1.37 bits per heavy atom. The standard InChI is InChI=1S/C15H20ClN3/c1-4-12(3)19-9-8-13(18-19)10-17-15-11(2)6-5-7-14(15)16/h5-9,12,17H,4,10H2,1-3H3. The molecule has 4 heteroatoms. The van der Waals surface area contributed by atoms with Crippen LogP contribution in [0.25, 0.3) is 0 Å². The highest BCUT2D eigenvalue weighted by Gasteiger charge is 2.06. The SMILES string of the molecule is CCC(C)n1ccc(CNc2c(C)cccc2Cl)n1. The molecule has 1 atom stereocenters. The molecule has 3 nitrogen and oxygen atoms in total. The van der Waals surface area contributed by atoms with Crippen LogP contribution in [-0.4, -0.2) is 9.78 Å². The predicted molar refractivity (Wildman–Crippen MR) is 80.7 cm³/mol. The van der Waals surface area contributed by atoms with Gasteiger partial charge in [0.1, 0.15) is 0 Å². The average Bonchev–Trinajstić information content (AvgIpc) is 2.86. The minimum atomic E-state index is 0.441. The van der Waals surface area contributed by atoms with Crippen molar-refractivity contribution in [3.05, 3.63) is 46.7 Å². The van der Waals surface area contributed by atoms with Crippen molar-refractivity contribution >= 4 is 17.3 Å². The van der Waals surface area contributed by atoms with Crippen LogP contribution >= 0.6 is 11.6 Å². The van der Waals surface area contributed by atoms with Crippen molar-refractivity contribution in [2.45, 2.75) is 39.8 Å². The highest BCUT2D eigenvalue weighted by atomic mass is 35.5. The number of aromatic nitrogens is 2. The first-order chi connectivity index (χ1) is 9.11. The third-order valence-corrected chi connectivity index (χ3v) is 3.69. The van der Waals surface area contributed by atoms with E-state index >= 15 is 0 Å². The van der Waals surface area contributed by atoms with Gasteiger partial charge >= 0.3 is 0 Å². The van der Waals surface area contributed by atoms with Gasteiger partial charge in [-0.3, -0.25) is 4.68 Å². The summed E-state index contributed by atoms with van der Waals surface area (Å²) < 4.78 is 2.01. The van der Waals surface area contributed by atoms with Crippen LogP contribution in [0.3, 0.4) is 0 Å². The normalized spacial score (nSPS) is 12.4. The first-order valence-electron chi connectivity index (χ1n) is 6.64. The van der Waals surface area contributed by atoms with Gasteiger partial charge in [0.2, 0.25) is 0 Å². The molecule has 0 spiro atoms. The van der Waals surface area contributed by atoms with Crippen LogP contribution in [0.2, 0.25) is 5.02 Å². The Kier molecular flexibility index (Phi) is 4.48. The van der Waals surface area contributed by atoms with Crippen LogP contribution in [-0.2, 0) is 6.54 Å². The van der Waals surface area contributed by atoms with E-state index in [1.165, 1.54) is 0 Å². The first kappa shape index (κ1) is 13.9. The highest BCUT2D eigenvalue weighted by molar-refractivity contribution is 6.33. The van der Waals surface area contributed by atoms with Gasteiger partial charge in [-0.05, 0) is 38.0 Å². The molecule has 102 valence electrons. The van der Waals surface area contributed by atoms with Gasteiger partial charge < -0.3 is 5.32 Å². The number of aryl methyl sites for hydroxylation is 1. The Morgan fingerprint density at radius 3 is 2.84 bits per heavy atom. The summed E-state index contributed by atoms with van der Waals surface area (Å²) in [7, 11) is 0. The number of hydrogen-bond acceptors (Lipinski definition) is 2. The molecule has 1 aromatic heterocycles. The van der Waals surface area contributed by atoms with Crippen molar-refractivity contribution in [3.63, 3.8) is 0 Å². The van der Waals surface area contributed by atoms with E-state index in [0.29, 0.717) is 12.6 Å². The quantitative estimate of drug-likeness (QED) is 0.876. The molecule has 0 aliphatic heterocycles. The number of para-hydroxylation sites is 1. The third kappa shape index (κ3) is 3.29. The second-order valence-electron chi connectivity index (χ2n) is 4.83. The maximum Gasteiger partial charge on any atom is 0.0815 e. The van der Waals surface area contributed by atoms with E-state index in [9.17, 15) is 0 Å². The van der Waals surface area contributed by atoms with Gasteiger partial charge in [0.15, 0.2) is 0 Å². The van der Waals surface area contributed by atoms with Crippen LogP contribution in [0.1, 0.15) is 37.6 Å². The topological polar surface area (TPSA) is 29.9 Å². The van der Waals surface area contributed by atoms with Crippen LogP contribution in [0, 0.1) is 6.92 Å². The van der Waals surface area contributed by atoms with Gasteiger partial charge in [-0.2, -0.15) is 5.10 Å². The molecule has 2 rings (SSSR count). The van der Waals surface area contributed by atoms with Gasteiger partial charge in [0, 0.05) is 12.2 Å². The van der Waals surface area contributed by atoms with Crippen LogP contribution < -0.4 is 5.32 Å². The summed E-state index contributed by atoms with van der Waals surface area (Å²) in [4.78, 5) is 0. The maximum atomic E-state index is 6.19. The minimum absolute atomic E-state index is 0.441. The molecule has 0 fully saturated rings. The molecular weight excluding hydrogens is 258 g/mol. The zero-order valence-electron chi connectivity index (χ0n) is 11.7. The van der Waals surface area contributed by atoms with E-state index in [0.717, 1.165) is 28.4 Å². The van der Waals surface area contributed by atoms with Crippen molar-refractivity contribution < 1.29 is 0 Å². The number of nitrogens with zero attached hydrogens (tertiary/aromatic N) is 2. The van der Waals surface area contributed by atoms with E-state index in [1.54, 1.807) is 0 Å². The van der Waals surface area contributed by atoms with Crippen LogP contribution in [0.5, 0.6) is 0 Å². The predicted octanol–water partition coefficient (Wildman–Crippen LogP) is 4.43. The third-order valence-electron chi connectivity index (χ3n) is 3.37. The van der Waals surface area contributed by atoms with Gasteiger partial charge in [0.25, 0.3) is 0 Å². The average molecular weight is 278 g/mol. The molecule has 2 aromatic rings. The summed E-state index contributed by atoms with van der Waals surface area (Å²) in [6.07, 6.45) is 3.11. The summed E-state index contributed by atoms with van der Waals surface area (Å²) in [6.45, 7) is 7.07. The Balaban J connectivity index is 2.05. The number of anilines is 1. The Labute approximate surface area is 119 Å². The van der Waals surface area contributed by atoms with Gasteiger partial charge in [-0.15, -0.1) is 0 Å². The molecule has 0 radical (unpaired) electrons. The van der Waals surface area contributed by atoms with E-state index in [2.05, 4.69) is 24.3 Å². The molecule has 1 aromatic carbocycles. The van der Waals surface area contributed by atoms with Gasteiger partial charge in [-0.1, -0.05) is 30.7 Å². The number of halogens is 1. The summed E-state index contributed by atoms with van der Waals surface area (Å²) in [6, 6.07) is 8.39. The zero-order valence-corrected chi connectivity index (χ0v) is 12.4. The fourth-order valence-corrected chi connectivity index (χ4v) is 2.23. The number of rotatable bonds is 5. The van der Waals surface area contributed by atoms with Crippen LogP contribution in [0.4, 0.5) is 5.69 Å². The molecule has 0 amide bonds.